The van der Waals surface area contributed by atoms with E-state index in [2.05, 4.69) is 15.0 Å². The molecule has 6 nitrogen and oxygen atoms in total. The van der Waals surface area contributed by atoms with Crippen molar-refractivity contribution in [3.8, 4) is 0 Å². The van der Waals surface area contributed by atoms with E-state index >= 15 is 0 Å². The maximum Gasteiger partial charge on any atom is 0.251 e. The third-order valence-corrected chi connectivity index (χ3v) is 4.58. The minimum Gasteiger partial charge on any atom is -0.348 e. The smallest absolute Gasteiger partial charge is 0.251 e. The van der Waals surface area contributed by atoms with Gasteiger partial charge in [0, 0.05) is 31.0 Å². The molecule has 0 spiro atoms. The molecule has 2 aromatic rings. The van der Waals surface area contributed by atoms with Gasteiger partial charge in [0.05, 0.1) is 4.90 Å². The van der Waals surface area contributed by atoms with Gasteiger partial charge in [0.15, 0.2) is 0 Å². The van der Waals surface area contributed by atoms with Crippen LogP contribution in [0.3, 0.4) is 0 Å². The quantitative estimate of drug-likeness (QED) is 0.807. The zero-order valence-corrected chi connectivity index (χ0v) is 13.6. The van der Waals surface area contributed by atoms with E-state index in [1.54, 1.807) is 30.6 Å². The SMILES string of the molecule is CCCNS(=O)(=O)c1cccc(C(=O)NCc2cccnc2)c1. The Morgan fingerprint density at radius 1 is 1.22 bits per heavy atom. The normalized spacial score (nSPS) is 11.2. The highest BCUT2D eigenvalue weighted by atomic mass is 32.2. The zero-order valence-electron chi connectivity index (χ0n) is 12.8. The second-order valence-electron chi connectivity index (χ2n) is 4.97. The second kappa shape index (κ2) is 7.85. The van der Waals surface area contributed by atoms with Gasteiger partial charge in [-0.1, -0.05) is 19.1 Å². The maximum atomic E-state index is 12.2. The highest BCUT2D eigenvalue weighted by Crippen LogP contribution is 2.11. The summed E-state index contributed by atoms with van der Waals surface area (Å²) in [6, 6.07) is 9.61. The van der Waals surface area contributed by atoms with Crippen LogP contribution in [0.2, 0.25) is 0 Å². The minimum atomic E-state index is -3.59. The second-order valence-corrected chi connectivity index (χ2v) is 6.74. The number of benzene rings is 1. The minimum absolute atomic E-state index is 0.0833. The first-order valence-corrected chi connectivity index (χ1v) is 8.78. The fourth-order valence-corrected chi connectivity index (χ4v) is 3.09. The van der Waals surface area contributed by atoms with Crippen LogP contribution >= 0.6 is 0 Å². The molecule has 0 bridgehead atoms. The Bertz CT molecular complexity index is 761. The number of nitrogens with zero attached hydrogens (tertiary/aromatic N) is 1. The number of aromatic nitrogens is 1. The molecule has 0 fully saturated rings. The van der Waals surface area contributed by atoms with Crippen molar-refractivity contribution in [3.63, 3.8) is 0 Å². The van der Waals surface area contributed by atoms with E-state index in [1.807, 2.05) is 13.0 Å². The van der Waals surface area contributed by atoms with Crippen LogP contribution in [0.4, 0.5) is 0 Å². The molecule has 7 heteroatoms. The lowest BCUT2D eigenvalue weighted by Crippen LogP contribution is -2.26. The number of rotatable bonds is 7. The molecule has 1 aromatic carbocycles. The summed E-state index contributed by atoms with van der Waals surface area (Å²) in [7, 11) is -3.59. The first kappa shape index (κ1) is 17.1. The summed E-state index contributed by atoms with van der Waals surface area (Å²) < 4.78 is 26.7. The van der Waals surface area contributed by atoms with Gasteiger partial charge in [-0.15, -0.1) is 0 Å². The van der Waals surface area contributed by atoms with E-state index < -0.39 is 10.0 Å². The van der Waals surface area contributed by atoms with Gasteiger partial charge >= 0.3 is 0 Å². The average molecular weight is 333 g/mol. The molecule has 0 saturated carbocycles. The molecule has 1 amide bonds. The third-order valence-electron chi connectivity index (χ3n) is 3.12. The van der Waals surface area contributed by atoms with Gasteiger partial charge < -0.3 is 5.32 Å². The Balaban J connectivity index is 2.08. The highest BCUT2D eigenvalue weighted by molar-refractivity contribution is 7.89. The molecule has 0 aliphatic carbocycles. The van der Waals surface area contributed by atoms with Crippen LogP contribution in [0.25, 0.3) is 0 Å². The van der Waals surface area contributed by atoms with Crippen molar-refractivity contribution in [2.75, 3.05) is 6.54 Å². The number of amides is 1. The van der Waals surface area contributed by atoms with E-state index in [0.717, 1.165) is 5.56 Å². The predicted molar refractivity (Wildman–Crippen MR) is 87.3 cm³/mol. The molecule has 2 rings (SSSR count). The number of hydrogen-bond acceptors (Lipinski definition) is 4. The van der Waals surface area contributed by atoms with Crippen molar-refractivity contribution in [2.24, 2.45) is 0 Å². The van der Waals surface area contributed by atoms with Crippen molar-refractivity contribution in [3.05, 3.63) is 59.9 Å². The van der Waals surface area contributed by atoms with Crippen LogP contribution in [0.1, 0.15) is 29.3 Å². The topological polar surface area (TPSA) is 88.2 Å². The first-order chi connectivity index (χ1) is 11.0. The number of nitrogens with one attached hydrogen (secondary N) is 2. The summed E-state index contributed by atoms with van der Waals surface area (Å²) in [6.45, 7) is 2.57. The van der Waals surface area contributed by atoms with Gasteiger partial charge in [0.1, 0.15) is 0 Å². The number of hydrogen-bond donors (Lipinski definition) is 2. The molecular formula is C16H19N3O3S. The lowest BCUT2D eigenvalue weighted by molar-refractivity contribution is 0.0950. The molecule has 1 heterocycles. The highest BCUT2D eigenvalue weighted by Gasteiger charge is 2.15. The Morgan fingerprint density at radius 3 is 2.74 bits per heavy atom. The largest absolute Gasteiger partial charge is 0.348 e. The van der Waals surface area contributed by atoms with E-state index in [0.29, 0.717) is 25.1 Å². The van der Waals surface area contributed by atoms with E-state index in [9.17, 15) is 13.2 Å². The van der Waals surface area contributed by atoms with Gasteiger partial charge in [0.25, 0.3) is 5.91 Å². The van der Waals surface area contributed by atoms with E-state index in [4.69, 9.17) is 0 Å². The number of sulfonamides is 1. The maximum absolute atomic E-state index is 12.2. The van der Waals surface area contributed by atoms with Crippen molar-refractivity contribution in [2.45, 2.75) is 24.8 Å². The van der Waals surface area contributed by atoms with Crippen molar-refractivity contribution in [1.82, 2.24) is 15.0 Å². The Kier molecular flexibility index (Phi) is 5.84. The van der Waals surface area contributed by atoms with Crippen molar-refractivity contribution < 1.29 is 13.2 Å². The Hall–Kier alpha value is -2.25. The van der Waals surface area contributed by atoms with E-state index in [1.165, 1.54) is 12.1 Å². The summed E-state index contributed by atoms with van der Waals surface area (Å²) in [5.41, 5.74) is 1.17. The fraction of sp³-hybridized carbons (Fsp3) is 0.250. The van der Waals surface area contributed by atoms with Crippen molar-refractivity contribution >= 4 is 15.9 Å². The lowest BCUT2D eigenvalue weighted by Gasteiger charge is -2.08. The van der Waals surface area contributed by atoms with Gasteiger partial charge in [-0.25, -0.2) is 13.1 Å². The summed E-state index contributed by atoms with van der Waals surface area (Å²) in [6.07, 6.45) is 4.02. The Morgan fingerprint density at radius 2 is 2.04 bits per heavy atom. The molecule has 0 aliphatic rings. The van der Waals surface area contributed by atoms with Gasteiger partial charge in [-0.3, -0.25) is 9.78 Å². The number of carbonyl (C=O) groups excluding carboxylic acids is 1. The lowest BCUT2D eigenvalue weighted by atomic mass is 10.2. The molecular weight excluding hydrogens is 314 g/mol. The molecule has 1 aromatic heterocycles. The Labute approximate surface area is 136 Å². The van der Waals surface area contributed by atoms with Crippen LogP contribution in [0, 0.1) is 0 Å². The van der Waals surface area contributed by atoms with Crippen LogP contribution in [0.15, 0.2) is 53.7 Å². The van der Waals surface area contributed by atoms with Gasteiger partial charge in [-0.2, -0.15) is 0 Å². The molecule has 122 valence electrons. The fourth-order valence-electron chi connectivity index (χ4n) is 1.91. The van der Waals surface area contributed by atoms with E-state index in [-0.39, 0.29) is 10.8 Å². The molecule has 0 radical (unpaired) electrons. The van der Waals surface area contributed by atoms with Crippen LogP contribution in [-0.2, 0) is 16.6 Å². The molecule has 0 saturated heterocycles. The summed E-state index contributed by atoms with van der Waals surface area (Å²) in [4.78, 5) is 16.2. The first-order valence-electron chi connectivity index (χ1n) is 7.30. The number of carbonyl (C=O) groups is 1. The molecule has 2 N–H and O–H groups in total. The van der Waals surface area contributed by atoms with Crippen LogP contribution in [-0.4, -0.2) is 25.9 Å². The van der Waals surface area contributed by atoms with Gasteiger partial charge in [0.2, 0.25) is 10.0 Å². The summed E-state index contributed by atoms with van der Waals surface area (Å²) >= 11 is 0. The monoisotopic (exact) mass is 333 g/mol. The predicted octanol–water partition coefficient (Wildman–Crippen LogP) is 1.70. The zero-order chi connectivity index (χ0) is 16.7. The number of pyridine rings is 1. The summed E-state index contributed by atoms with van der Waals surface area (Å²) in [5, 5.41) is 2.74. The molecule has 0 atom stereocenters. The molecule has 23 heavy (non-hydrogen) atoms. The van der Waals surface area contributed by atoms with Crippen LogP contribution < -0.4 is 10.0 Å². The summed E-state index contributed by atoms with van der Waals surface area (Å²) in [5.74, 6) is -0.332. The molecule has 0 aliphatic heterocycles. The standard InChI is InChI=1S/C16H19N3O3S/c1-2-8-19-23(21,22)15-7-3-6-14(10-15)16(20)18-12-13-5-4-9-17-11-13/h3-7,9-11,19H,2,8,12H2,1H3,(H,18,20). The average Bonchev–Trinajstić information content (AvgIpc) is 2.59. The molecule has 0 unspecified atom stereocenters. The third kappa shape index (κ3) is 4.87. The van der Waals surface area contributed by atoms with Gasteiger partial charge in [-0.05, 0) is 36.2 Å². The van der Waals surface area contributed by atoms with Crippen molar-refractivity contribution in [1.29, 1.82) is 0 Å². The van der Waals surface area contributed by atoms with Crippen LogP contribution in [0.5, 0.6) is 0 Å².